The second kappa shape index (κ2) is 6.99. The SMILES string of the molecule is O=C1[C@H]2CCCC[C@H]2C(=O)N1CN1CCC(c2nc3ccccc3s2)CC1. The van der Waals surface area contributed by atoms with Crippen LogP contribution in [0.25, 0.3) is 10.2 Å². The van der Waals surface area contributed by atoms with Gasteiger partial charge in [-0.05, 0) is 37.8 Å². The molecule has 142 valence electrons. The Bertz CT molecular complexity index is 814. The number of aromatic nitrogens is 1. The number of carbonyl (C=O) groups is 2. The molecule has 0 N–H and O–H groups in total. The van der Waals surface area contributed by atoms with Crippen molar-refractivity contribution < 1.29 is 9.59 Å². The zero-order valence-corrected chi connectivity index (χ0v) is 16.3. The van der Waals surface area contributed by atoms with Gasteiger partial charge in [-0.2, -0.15) is 0 Å². The van der Waals surface area contributed by atoms with E-state index in [0.717, 1.165) is 57.1 Å². The number of carbonyl (C=O) groups excluding carboxylic acids is 2. The normalized spacial score (nSPS) is 27.5. The summed E-state index contributed by atoms with van der Waals surface area (Å²) in [5.74, 6) is 0.584. The Morgan fingerprint density at radius 1 is 0.963 bits per heavy atom. The topological polar surface area (TPSA) is 53.5 Å². The fraction of sp³-hybridized carbons (Fsp3) is 0.571. The molecule has 1 saturated carbocycles. The first-order chi connectivity index (χ1) is 13.2. The number of hydrogen-bond donors (Lipinski definition) is 0. The zero-order valence-electron chi connectivity index (χ0n) is 15.5. The number of benzene rings is 1. The van der Waals surface area contributed by atoms with Crippen LogP contribution in [0.3, 0.4) is 0 Å². The lowest BCUT2D eigenvalue weighted by molar-refractivity contribution is -0.142. The minimum Gasteiger partial charge on any atom is -0.286 e. The van der Waals surface area contributed by atoms with E-state index in [9.17, 15) is 9.59 Å². The van der Waals surface area contributed by atoms with Crippen molar-refractivity contribution in [3.63, 3.8) is 0 Å². The molecule has 3 fully saturated rings. The maximum absolute atomic E-state index is 12.7. The van der Waals surface area contributed by atoms with Crippen LogP contribution in [0.5, 0.6) is 0 Å². The Kier molecular flexibility index (Phi) is 4.48. The van der Waals surface area contributed by atoms with Crippen LogP contribution in [0.4, 0.5) is 0 Å². The number of para-hydroxylation sites is 1. The summed E-state index contributed by atoms with van der Waals surface area (Å²) in [5.41, 5.74) is 1.09. The molecule has 3 aliphatic rings. The van der Waals surface area contributed by atoms with E-state index in [-0.39, 0.29) is 23.7 Å². The molecule has 1 aromatic carbocycles. The molecule has 3 heterocycles. The molecule has 0 bridgehead atoms. The van der Waals surface area contributed by atoms with Crippen LogP contribution < -0.4 is 0 Å². The van der Waals surface area contributed by atoms with Crippen molar-refractivity contribution in [3.8, 4) is 0 Å². The van der Waals surface area contributed by atoms with Crippen molar-refractivity contribution in [2.24, 2.45) is 11.8 Å². The highest BCUT2D eigenvalue weighted by Gasteiger charge is 2.48. The van der Waals surface area contributed by atoms with Crippen LogP contribution >= 0.6 is 11.3 Å². The van der Waals surface area contributed by atoms with Gasteiger partial charge in [0, 0.05) is 19.0 Å². The molecule has 2 aliphatic heterocycles. The molecule has 1 aliphatic carbocycles. The van der Waals surface area contributed by atoms with Crippen molar-refractivity contribution in [2.75, 3.05) is 19.8 Å². The molecule has 0 radical (unpaired) electrons. The van der Waals surface area contributed by atoms with Gasteiger partial charge in [-0.25, -0.2) is 4.98 Å². The van der Waals surface area contributed by atoms with Crippen LogP contribution in [-0.4, -0.2) is 46.4 Å². The van der Waals surface area contributed by atoms with Gasteiger partial charge >= 0.3 is 0 Å². The van der Waals surface area contributed by atoms with Gasteiger partial charge in [-0.15, -0.1) is 11.3 Å². The molecule has 2 saturated heterocycles. The van der Waals surface area contributed by atoms with Gasteiger partial charge in [0.1, 0.15) is 0 Å². The molecular weight excluding hydrogens is 358 g/mol. The van der Waals surface area contributed by atoms with Gasteiger partial charge in [0.15, 0.2) is 0 Å². The lowest BCUT2D eigenvalue weighted by Crippen LogP contribution is -2.44. The average Bonchev–Trinajstić information content (AvgIpc) is 3.24. The molecule has 6 heteroatoms. The largest absolute Gasteiger partial charge is 0.286 e. The zero-order chi connectivity index (χ0) is 18.4. The summed E-state index contributed by atoms with van der Waals surface area (Å²) in [6.07, 6.45) is 6.05. The number of likely N-dealkylation sites (tertiary alicyclic amines) is 2. The second-order valence-corrected chi connectivity index (χ2v) is 9.22. The van der Waals surface area contributed by atoms with Crippen LogP contribution in [0.1, 0.15) is 49.5 Å². The number of thiazole rings is 1. The summed E-state index contributed by atoms with van der Waals surface area (Å²) in [6, 6.07) is 8.31. The predicted octanol–water partition coefficient (Wildman–Crippen LogP) is 3.61. The standard InChI is InChI=1S/C21H25N3O2S/c25-20-15-5-1-2-6-16(15)21(26)24(20)13-23-11-9-14(10-12-23)19-22-17-7-3-4-8-18(17)27-19/h3-4,7-8,14-16H,1-2,5-6,9-13H2/t15-,16+. The molecule has 2 atom stereocenters. The van der Waals surface area contributed by atoms with Crippen molar-refractivity contribution in [2.45, 2.75) is 44.4 Å². The van der Waals surface area contributed by atoms with E-state index in [1.165, 1.54) is 9.71 Å². The van der Waals surface area contributed by atoms with Crippen molar-refractivity contribution in [1.29, 1.82) is 0 Å². The van der Waals surface area contributed by atoms with Gasteiger partial charge in [0.25, 0.3) is 0 Å². The van der Waals surface area contributed by atoms with Crippen LogP contribution in [-0.2, 0) is 9.59 Å². The van der Waals surface area contributed by atoms with E-state index in [0.29, 0.717) is 12.6 Å². The maximum Gasteiger partial charge on any atom is 0.234 e. The molecule has 0 unspecified atom stereocenters. The molecule has 27 heavy (non-hydrogen) atoms. The second-order valence-electron chi connectivity index (χ2n) is 8.16. The first-order valence-electron chi connectivity index (χ1n) is 10.1. The van der Waals surface area contributed by atoms with E-state index in [2.05, 4.69) is 23.1 Å². The number of amides is 2. The third-order valence-electron chi connectivity index (χ3n) is 6.52. The van der Waals surface area contributed by atoms with Gasteiger partial charge < -0.3 is 0 Å². The molecule has 0 spiro atoms. The van der Waals surface area contributed by atoms with Crippen LogP contribution in [0.2, 0.25) is 0 Å². The summed E-state index contributed by atoms with van der Waals surface area (Å²) in [4.78, 5) is 34.0. The van der Waals surface area contributed by atoms with E-state index in [1.807, 2.05) is 6.07 Å². The average molecular weight is 384 g/mol. The van der Waals surface area contributed by atoms with Crippen molar-refractivity contribution in [1.82, 2.24) is 14.8 Å². The Morgan fingerprint density at radius 3 is 2.30 bits per heavy atom. The molecule has 1 aromatic heterocycles. The molecule has 2 amide bonds. The van der Waals surface area contributed by atoms with Gasteiger partial charge in [0.2, 0.25) is 11.8 Å². The summed E-state index contributed by atoms with van der Waals surface area (Å²) in [7, 11) is 0. The van der Waals surface area contributed by atoms with Crippen LogP contribution in [0.15, 0.2) is 24.3 Å². The summed E-state index contributed by atoms with van der Waals surface area (Å²) >= 11 is 1.80. The Morgan fingerprint density at radius 2 is 1.63 bits per heavy atom. The van der Waals surface area contributed by atoms with E-state index in [4.69, 9.17) is 4.98 Å². The van der Waals surface area contributed by atoms with Gasteiger partial charge in [0.05, 0.1) is 33.7 Å². The fourth-order valence-corrected chi connectivity index (χ4v) is 6.09. The Balaban J connectivity index is 1.22. The number of imide groups is 1. The van der Waals surface area contributed by atoms with E-state index >= 15 is 0 Å². The maximum atomic E-state index is 12.7. The number of rotatable bonds is 3. The first-order valence-corrected chi connectivity index (χ1v) is 11.0. The molecule has 5 rings (SSSR count). The fourth-order valence-electron chi connectivity index (χ4n) is 4.96. The molecule has 2 aromatic rings. The predicted molar refractivity (Wildman–Crippen MR) is 105 cm³/mol. The lowest BCUT2D eigenvalue weighted by atomic mass is 9.81. The Labute approximate surface area is 163 Å². The Hall–Kier alpha value is -1.79. The number of fused-ring (bicyclic) bond motifs is 2. The highest BCUT2D eigenvalue weighted by atomic mass is 32.1. The highest BCUT2D eigenvalue weighted by molar-refractivity contribution is 7.18. The third kappa shape index (κ3) is 3.09. The van der Waals surface area contributed by atoms with Gasteiger partial charge in [-0.1, -0.05) is 25.0 Å². The number of hydrogen-bond acceptors (Lipinski definition) is 5. The van der Waals surface area contributed by atoms with Gasteiger partial charge in [-0.3, -0.25) is 19.4 Å². The quantitative estimate of drug-likeness (QED) is 0.760. The first kappa shape index (κ1) is 17.3. The molecule has 5 nitrogen and oxygen atoms in total. The number of nitrogens with zero attached hydrogens (tertiary/aromatic N) is 3. The third-order valence-corrected chi connectivity index (χ3v) is 7.72. The van der Waals surface area contributed by atoms with E-state index in [1.54, 1.807) is 16.2 Å². The summed E-state index contributed by atoms with van der Waals surface area (Å²) in [6.45, 7) is 2.33. The smallest absolute Gasteiger partial charge is 0.234 e. The van der Waals surface area contributed by atoms with Crippen LogP contribution in [0, 0.1) is 11.8 Å². The lowest BCUT2D eigenvalue weighted by Gasteiger charge is -2.33. The minimum absolute atomic E-state index is 0.0356. The number of piperidine rings is 1. The highest BCUT2D eigenvalue weighted by Crippen LogP contribution is 2.39. The summed E-state index contributed by atoms with van der Waals surface area (Å²) < 4.78 is 1.26. The minimum atomic E-state index is -0.0356. The van der Waals surface area contributed by atoms with Crippen molar-refractivity contribution >= 4 is 33.4 Å². The van der Waals surface area contributed by atoms with E-state index < -0.39 is 0 Å². The van der Waals surface area contributed by atoms with Crippen molar-refractivity contribution in [3.05, 3.63) is 29.3 Å². The monoisotopic (exact) mass is 383 g/mol. The summed E-state index contributed by atoms with van der Waals surface area (Å²) in [5, 5.41) is 1.23. The molecular formula is C21H25N3O2S.